The summed E-state index contributed by atoms with van der Waals surface area (Å²) in [6.07, 6.45) is 5.97. The predicted octanol–water partition coefficient (Wildman–Crippen LogP) is 3.02. The largest absolute Gasteiger partial charge is 0.316 e. The standard InChI is InChI=1S/C18H20N4/c1-2-5-15-12-16(8-7-14(15)4-1)18(22-20-10-11-21-22)17-6-3-9-19-13-17/h1-2,4-5,7-8,10-12,17-19H,3,6,9,13H2/t17-,18+/m1/s1. The molecule has 0 bridgehead atoms. The highest BCUT2D eigenvalue weighted by molar-refractivity contribution is 5.83. The van der Waals surface area contributed by atoms with Gasteiger partial charge in [-0.15, -0.1) is 0 Å². The van der Waals surface area contributed by atoms with E-state index in [1.54, 1.807) is 12.4 Å². The van der Waals surface area contributed by atoms with Crippen molar-refractivity contribution < 1.29 is 0 Å². The van der Waals surface area contributed by atoms with E-state index in [1.165, 1.54) is 29.2 Å². The lowest BCUT2D eigenvalue weighted by molar-refractivity contribution is 0.264. The van der Waals surface area contributed by atoms with E-state index in [0.29, 0.717) is 5.92 Å². The molecule has 0 unspecified atom stereocenters. The third-order valence-corrected chi connectivity index (χ3v) is 4.58. The molecule has 0 spiro atoms. The molecular weight excluding hydrogens is 272 g/mol. The average molecular weight is 292 g/mol. The monoisotopic (exact) mass is 292 g/mol. The Kier molecular flexibility index (Phi) is 3.60. The van der Waals surface area contributed by atoms with Crippen molar-refractivity contribution in [2.45, 2.75) is 18.9 Å². The Labute approximate surface area is 130 Å². The van der Waals surface area contributed by atoms with Crippen LogP contribution in [-0.4, -0.2) is 28.1 Å². The van der Waals surface area contributed by atoms with Gasteiger partial charge in [0, 0.05) is 6.54 Å². The SMILES string of the molecule is c1ccc2cc([C@@H]([C@@H]3CCCNC3)n3nccn3)ccc2c1. The van der Waals surface area contributed by atoms with Crippen molar-refractivity contribution in [2.75, 3.05) is 13.1 Å². The van der Waals surface area contributed by atoms with Gasteiger partial charge in [-0.25, -0.2) is 0 Å². The number of nitrogens with one attached hydrogen (secondary N) is 1. The van der Waals surface area contributed by atoms with Crippen LogP contribution in [0.25, 0.3) is 10.8 Å². The lowest BCUT2D eigenvalue weighted by Gasteiger charge is -2.30. The van der Waals surface area contributed by atoms with Gasteiger partial charge in [-0.1, -0.05) is 36.4 Å². The fourth-order valence-electron chi connectivity index (χ4n) is 3.50. The molecule has 1 saturated heterocycles. The Morgan fingerprint density at radius 1 is 1.05 bits per heavy atom. The van der Waals surface area contributed by atoms with Crippen LogP contribution < -0.4 is 5.32 Å². The minimum absolute atomic E-state index is 0.201. The molecule has 2 atom stereocenters. The van der Waals surface area contributed by atoms with Crippen LogP contribution in [0.1, 0.15) is 24.4 Å². The number of hydrogen-bond donors (Lipinski definition) is 1. The third kappa shape index (κ3) is 2.50. The highest BCUT2D eigenvalue weighted by Gasteiger charge is 2.27. The van der Waals surface area contributed by atoms with Gasteiger partial charge in [0.1, 0.15) is 6.04 Å². The third-order valence-electron chi connectivity index (χ3n) is 4.58. The van der Waals surface area contributed by atoms with Crippen LogP contribution in [0.4, 0.5) is 0 Å². The molecule has 1 aliphatic rings. The van der Waals surface area contributed by atoms with Crippen LogP contribution >= 0.6 is 0 Å². The average Bonchev–Trinajstić information content (AvgIpc) is 3.10. The quantitative estimate of drug-likeness (QED) is 0.807. The summed E-state index contributed by atoms with van der Waals surface area (Å²) in [6.45, 7) is 2.15. The van der Waals surface area contributed by atoms with Crippen molar-refractivity contribution in [2.24, 2.45) is 5.92 Å². The van der Waals surface area contributed by atoms with Gasteiger partial charge in [0.2, 0.25) is 0 Å². The molecule has 112 valence electrons. The molecule has 1 aliphatic heterocycles. The van der Waals surface area contributed by atoms with E-state index >= 15 is 0 Å². The molecule has 4 rings (SSSR count). The number of fused-ring (bicyclic) bond motifs is 1. The van der Waals surface area contributed by atoms with Crippen LogP contribution in [0.15, 0.2) is 54.9 Å². The summed E-state index contributed by atoms with van der Waals surface area (Å²) in [5.41, 5.74) is 1.30. The first-order chi connectivity index (χ1) is 10.9. The maximum Gasteiger partial charge on any atom is 0.101 e. The molecule has 4 nitrogen and oxygen atoms in total. The van der Waals surface area contributed by atoms with E-state index in [2.05, 4.69) is 58.0 Å². The molecule has 1 N–H and O–H groups in total. The minimum atomic E-state index is 0.201. The number of nitrogens with zero attached hydrogens (tertiary/aromatic N) is 3. The van der Waals surface area contributed by atoms with Gasteiger partial charge in [0.05, 0.1) is 12.4 Å². The van der Waals surface area contributed by atoms with Gasteiger partial charge >= 0.3 is 0 Å². The van der Waals surface area contributed by atoms with Crippen molar-refractivity contribution in [1.29, 1.82) is 0 Å². The van der Waals surface area contributed by atoms with E-state index < -0.39 is 0 Å². The molecule has 0 radical (unpaired) electrons. The topological polar surface area (TPSA) is 42.7 Å². The molecule has 2 aromatic carbocycles. The second kappa shape index (κ2) is 5.89. The Morgan fingerprint density at radius 2 is 1.86 bits per heavy atom. The Balaban J connectivity index is 1.78. The molecule has 0 aliphatic carbocycles. The maximum absolute atomic E-state index is 4.43. The van der Waals surface area contributed by atoms with Gasteiger partial charge in [0.15, 0.2) is 0 Å². The molecular formula is C18H20N4. The first-order valence-electron chi connectivity index (χ1n) is 7.97. The zero-order chi connectivity index (χ0) is 14.8. The Hall–Kier alpha value is -2.20. The lowest BCUT2D eigenvalue weighted by atomic mass is 9.87. The highest BCUT2D eigenvalue weighted by atomic mass is 15.5. The predicted molar refractivity (Wildman–Crippen MR) is 87.7 cm³/mol. The highest BCUT2D eigenvalue weighted by Crippen LogP contribution is 2.31. The fraction of sp³-hybridized carbons (Fsp3) is 0.333. The van der Waals surface area contributed by atoms with Crippen molar-refractivity contribution in [3.8, 4) is 0 Å². The number of rotatable bonds is 3. The molecule has 4 heteroatoms. The molecule has 1 aromatic heterocycles. The Morgan fingerprint density at radius 3 is 2.64 bits per heavy atom. The summed E-state index contributed by atoms with van der Waals surface area (Å²) in [6, 6.07) is 15.4. The van der Waals surface area contributed by atoms with Crippen LogP contribution in [0.3, 0.4) is 0 Å². The lowest BCUT2D eigenvalue weighted by Crippen LogP contribution is -2.36. The fourth-order valence-corrected chi connectivity index (χ4v) is 3.50. The summed E-state index contributed by atoms with van der Waals surface area (Å²) >= 11 is 0. The maximum atomic E-state index is 4.43. The van der Waals surface area contributed by atoms with Crippen molar-refractivity contribution in [3.63, 3.8) is 0 Å². The second-order valence-corrected chi connectivity index (χ2v) is 6.01. The van der Waals surface area contributed by atoms with Crippen molar-refractivity contribution in [3.05, 3.63) is 60.4 Å². The molecule has 3 aromatic rings. The normalized spacial score (nSPS) is 20.1. The van der Waals surface area contributed by atoms with Crippen LogP contribution in [-0.2, 0) is 0 Å². The first-order valence-corrected chi connectivity index (χ1v) is 7.97. The zero-order valence-corrected chi connectivity index (χ0v) is 12.5. The zero-order valence-electron chi connectivity index (χ0n) is 12.5. The number of aromatic nitrogens is 3. The number of piperidine rings is 1. The van der Waals surface area contributed by atoms with Crippen LogP contribution in [0.2, 0.25) is 0 Å². The summed E-state index contributed by atoms with van der Waals surface area (Å²) in [4.78, 5) is 1.88. The minimum Gasteiger partial charge on any atom is -0.316 e. The van der Waals surface area contributed by atoms with Crippen LogP contribution in [0, 0.1) is 5.92 Å². The molecule has 0 amide bonds. The van der Waals surface area contributed by atoms with Crippen LogP contribution in [0.5, 0.6) is 0 Å². The van der Waals surface area contributed by atoms with Gasteiger partial charge in [-0.2, -0.15) is 15.0 Å². The van der Waals surface area contributed by atoms with Gasteiger partial charge < -0.3 is 5.32 Å². The smallest absolute Gasteiger partial charge is 0.101 e. The van der Waals surface area contributed by atoms with E-state index in [4.69, 9.17) is 0 Å². The van der Waals surface area contributed by atoms with E-state index in [-0.39, 0.29) is 6.04 Å². The second-order valence-electron chi connectivity index (χ2n) is 6.01. The van der Waals surface area contributed by atoms with E-state index in [0.717, 1.165) is 13.1 Å². The molecule has 2 heterocycles. The first kappa shape index (κ1) is 13.5. The summed E-state index contributed by atoms with van der Waals surface area (Å²) in [7, 11) is 0. The van der Waals surface area contributed by atoms with E-state index in [9.17, 15) is 0 Å². The van der Waals surface area contributed by atoms with Gasteiger partial charge in [-0.05, 0) is 47.7 Å². The van der Waals surface area contributed by atoms with Gasteiger partial charge in [-0.3, -0.25) is 0 Å². The Bertz CT molecular complexity index is 745. The van der Waals surface area contributed by atoms with Crippen molar-refractivity contribution in [1.82, 2.24) is 20.3 Å². The number of benzene rings is 2. The molecule has 22 heavy (non-hydrogen) atoms. The number of hydrogen-bond acceptors (Lipinski definition) is 3. The van der Waals surface area contributed by atoms with E-state index in [1.807, 2.05) is 4.80 Å². The molecule has 0 saturated carbocycles. The molecule has 1 fully saturated rings. The van der Waals surface area contributed by atoms with Crippen molar-refractivity contribution >= 4 is 10.8 Å². The van der Waals surface area contributed by atoms with Gasteiger partial charge in [0.25, 0.3) is 0 Å². The summed E-state index contributed by atoms with van der Waals surface area (Å²) < 4.78 is 0. The summed E-state index contributed by atoms with van der Waals surface area (Å²) in [5.74, 6) is 0.530. The summed E-state index contributed by atoms with van der Waals surface area (Å²) in [5, 5.41) is 14.9.